The van der Waals surface area contributed by atoms with E-state index in [-0.39, 0.29) is 0 Å². The number of aromatic amines is 1. The molecule has 0 atom stereocenters. The van der Waals surface area contributed by atoms with E-state index in [1.54, 1.807) is 4.68 Å². The molecule has 2 aromatic heterocycles. The Balaban J connectivity index is 1.92. The van der Waals surface area contributed by atoms with Gasteiger partial charge in [0.2, 0.25) is 4.80 Å². The molecule has 0 amide bonds. The Morgan fingerprint density at radius 3 is 2.17 bits per heavy atom. The molecule has 0 aliphatic carbocycles. The molecular weight excluding hydrogens is 378 g/mol. The highest BCUT2D eigenvalue weighted by atomic mass is 32.1. The molecule has 6 heteroatoms. The number of hydrogen-bond donors (Lipinski definition) is 2. The van der Waals surface area contributed by atoms with E-state index in [1.807, 2.05) is 31.4 Å². The van der Waals surface area contributed by atoms with Crippen LogP contribution in [0.25, 0.3) is 22.4 Å². The number of aromatic nitrogens is 2. The lowest BCUT2D eigenvalue weighted by molar-refractivity contribution is 0.882. The molecule has 0 saturated heterocycles. The van der Waals surface area contributed by atoms with Crippen LogP contribution in [-0.4, -0.2) is 15.4 Å². The Bertz CT molecular complexity index is 1230. The third kappa shape index (κ3) is 3.67. The molecule has 0 radical (unpaired) electrons. The summed E-state index contributed by atoms with van der Waals surface area (Å²) in [6.45, 7) is 6.01. The van der Waals surface area contributed by atoms with Crippen molar-refractivity contribution in [3.63, 3.8) is 0 Å². The average Bonchev–Trinajstić information content (AvgIpc) is 3.27. The van der Waals surface area contributed by atoms with E-state index in [0.29, 0.717) is 4.80 Å². The maximum Gasteiger partial charge on any atom is 0.229 e. The molecule has 5 nitrogen and oxygen atoms in total. The van der Waals surface area contributed by atoms with E-state index in [1.165, 1.54) is 11.3 Å². The number of hydrogen-bond acceptors (Lipinski definition) is 4. The number of nitrogen functional groups attached to an aromatic ring is 1. The van der Waals surface area contributed by atoms with E-state index in [9.17, 15) is 0 Å². The monoisotopic (exact) mass is 401 g/mol. The van der Waals surface area contributed by atoms with Gasteiger partial charge in [-0.05, 0) is 31.9 Å². The minimum Gasteiger partial charge on any atom is -0.358 e. The molecule has 0 fully saturated rings. The first-order valence-corrected chi connectivity index (χ1v) is 10.3. The summed E-state index contributed by atoms with van der Waals surface area (Å²) in [6.07, 6.45) is 0. The van der Waals surface area contributed by atoms with Gasteiger partial charge in [0.05, 0.1) is 11.4 Å². The Labute approximate surface area is 173 Å². The molecule has 146 valence electrons. The summed E-state index contributed by atoms with van der Waals surface area (Å²) in [4.78, 5) is 4.24. The molecule has 0 saturated carbocycles. The highest BCUT2D eigenvalue weighted by Crippen LogP contribution is 2.36. The second-order valence-corrected chi connectivity index (χ2v) is 7.76. The van der Waals surface area contributed by atoms with Gasteiger partial charge < -0.3 is 10.8 Å². The second-order valence-electron chi connectivity index (χ2n) is 6.92. The summed E-state index contributed by atoms with van der Waals surface area (Å²) in [7, 11) is 0. The number of nitrogens with two attached hydrogens (primary N) is 1. The minimum absolute atomic E-state index is 0.666. The molecule has 0 unspecified atom stereocenters. The minimum atomic E-state index is 0.666. The van der Waals surface area contributed by atoms with Gasteiger partial charge >= 0.3 is 0 Å². The number of benzene rings is 2. The van der Waals surface area contributed by atoms with Crippen LogP contribution in [0.5, 0.6) is 0 Å². The Hall–Kier alpha value is -3.38. The van der Waals surface area contributed by atoms with Gasteiger partial charge in [-0.1, -0.05) is 60.7 Å². The zero-order chi connectivity index (χ0) is 20.4. The van der Waals surface area contributed by atoms with Gasteiger partial charge in [-0.2, -0.15) is 5.10 Å². The summed E-state index contributed by atoms with van der Waals surface area (Å²) in [6, 6.07) is 20.7. The molecule has 2 aromatic carbocycles. The van der Waals surface area contributed by atoms with Crippen molar-refractivity contribution in [1.82, 2.24) is 9.66 Å². The van der Waals surface area contributed by atoms with Crippen molar-refractivity contribution in [3.8, 4) is 22.4 Å². The van der Waals surface area contributed by atoms with Crippen LogP contribution >= 0.6 is 11.3 Å². The highest BCUT2D eigenvalue weighted by molar-refractivity contribution is 7.07. The smallest absolute Gasteiger partial charge is 0.229 e. The lowest BCUT2D eigenvalue weighted by Gasteiger charge is -2.08. The van der Waals surface area contributed by atoms with Crippen LogP contribution < -0.4 is 10.6 Å². The fourth-order valence-corrected chi connectivity index (χ4v) is 4.17. The quantitative estimate of drug-likeness (QED) is 0.286. The van der Waals surface area contributed by atoms with Crippen molar-refractivity contribution >= 4 is 17.0 Å². The maximum atomic E-state index is 6.02. The third-order valence-electron chi connectivity index (χ3n) is 4.88. The van der Waals surface area contributed by atoms with Crippen molar-refractivity contribution in [2.24, 2.45) is 10.2 Å². The average molecular weight is 402 g/mol. The molecule has 4 rings (SSSR count). The summed E-state index contributed by atoms with van der Waals surface area (Å²) in [5.74, 6) is 6.02. The van der Waals surface area contributed by atoms with Crippen LogP contribution in [0.1, 0.15) is 23.9 Å². The maximum absolute atomic E-state index is 6.02. The number of nitrogens with one attached hydrogen (secondary N) is 1. The molecule has 0 aliphatic heterocycles. The van der Waals surface area contributed by atoms with Crippen LogP contribution in [0, 0.1) is 13.8 Å². The van der Waals surface area contributed by atoms with Crippen LogP contribution in [0.15, 0.2) is 76.2 Å². The van der Waals surface area contributed by atoms with E-state index in [0.717, 1.165) is 45.0 Å². The molecule has 2 heterocycles. The van der Waals surface area contributed by atoms with Crippen molar-refractivity contribution in [2.45, 2.75) is 20.8 Å². The summed E-state index contributed by atoms with van der Waals surface area (Å²) < 4.78 is 1.55. The topological polar surface area (TPSA) is 71.5 Å². The van der Waals surface area contributed by atoms with Gasteiger partial charge in [-0.25, -0.2) is 4.68 Å². The molecule has 4 aromatic rings. The van der Waals surface area contributed by atoms with Crippen LogP contribution in [-0.2, 0) is 0 Å². The number of thiazole rings is 1. The van der Waals surface area contributed by atoms with Gasteiger partial charge in [0.25, 0.3) is 0 Å². The molecule has 0 aliphatic rings. The number of rotatable bonds is 4. The predicted molar refractivity (Wildman–Crippen MR) is 121 cm³/mol. The number of aryl methyl sites for hydroxylation is 2. The number of H-pyrrole nitrogens is 1. The SMILES string of the molecule is CC(=NN=c1scc(C)n1N)c1c(C)[nH]c(-c2ccccc2)c1-c1ccccc1. The normalized spacial score (nSPS) is 12.5. The Morgan fingerprint density at radius 2 is 1.59 bits per heavy atom. The lowest BCUT2D eigenvalue weighted by atomic mass is 9.95. The van der Waals surface area contributed by atoms with E-state index in [2.05, 4.69) is 70.6 Å². The summed E-state index contributed by atoms with van der Waals surface area (Å²) >= 11 is 1.48. The largest absolute Gasteiger partial charge is 0.358 e. The van der Waals surface area contributed by atoms with Gasteiger partial charge in [0, 0.05) is 27.9 Å². The zero-order valence-electron chi connectivity index (χ0n) is 16.7. The number of nitrogens with zero attached hydrogens (tertiary/aromatic N) is 3. The van der Waals surface area contributed by atoms with Crippen molar-refractivity contribution in [3.05, 3.63) is 87.8 Å². The van der Waals surface area contributed by atoms with Gasteiger partial charge in [0.15, 0.2) is 0 Å². The first kappa shape index (κ1) is 19.0. The molecular formula is C23H23N5S. The third-order valence-corrected chi connectivity index (χ3v) is 5.83. The molecule has 0 bridgehead atoms. The summed E-state index contributed by atoms with van der Waals surface area (Å²) in [5, 5.41) is 10.9. The second kappa shape index (κ2) is 7.93. The Kier molecular flexibility index (Phi) is 5.18. The van der Waals surface area contributed by atoms with Crippen molar-refractivity contribution < 1.29 is 0 Å². The highest BCUT2D eigenvalue weighted by Gasteiger charge is 2.20. The molecule has 29 heavy (non-hydrogen) atoms. The van der Waals surface area contributed by atoms with E-state index in [4.69, 9.17) is 5.84 Å². The predicted octanol–water partition coefficient (Wildman–Crippen LogP) is 4.87. The lowest BCUT2D eigenvalue weighted by Crippen LogP contribution is -2.23. The molecule has 0 spiro atoms. The Morgan fingerprint density at radius 1 is 0.966 bits per heavy atom. The van der Waals surface area contributed by atoms with Gasteiger partial charge in [-0.15, -0.1) is 16.4 Å². The summed E-state index contributed by atoms with van der Waals surface area (Å²) in [5.41, 5.74) is 8.41. The van der Waals surface area contributed by atoms with Crippen molar-refractivity contribution in [1.29, 1.82) is 0 Å². The first-order valence-electron chi connectivity index (χ1n) is 9.40. The first-order chi connectivity index (χ1) is 14.1. The van der Waals surface area contributed by atoms with Gasteiger partial charge in [0.1, 0.15) is 0 Å². The van der Waals surface area contributed by atoms with E-state index >= 15 is 0 Å². The standard InChI is InChI=1S/C23H23N5S/c1-15-14-29-23(28(15)24)27-26-17(3)20-16(2)25-22(19-12-8-5-9-13-19)21(20)18-10-6-4-7-11-18/h4-14,25H,24H2,1-3H3. The van der Waals surface area contributed by atoms with Crippen LogP contribution in [0.3, 0.4) is 0 Å². The zero-order valence-corrected chi connectivity index (χ0v) is 17.5. The van der Waals surface area contributed by atoms with Crippen LogP contribution in [0.2, 0.25) is 0 Å². The van der Waals surface area contributed by atoms with Gasteiger partial charge in [-0.3, -0.25) is 0 Å². The fraction of sp³-hybridized carbons (Fsp3) is 0.130. The van der Waals surface area contributed by atoms with Crippen molar-refractivity contribution in [2.75, 3.05) is 5.84 Å². The van der Waals surface area contributed by atoms with E-state index < -0.39 is 0 Å². The molecule has 3 N–H and O–H groups in total. The fourth-order valence-electron chi connectivity index (χ4n) is 3.43. The van der Waals surface area contributed by atoms with Crippen LogP contribution in [0.4, 0.5) is 0 Å².